The van der Waals surface area contributed by atoms with E-state index in [1.54, 1.807) is 19.3 Å². The van der Waals surface area contributed by atoms with Crippen LogP contribution >= 0.6 is 0 Å². The fourth-order valence-electron chi connectivity index (χ4n) is 3.31. The van der Waals surface area contributed by atoms with Crippen LogP contribution in [0.1, 0.15) is 52.4 Å². The summed E-state index contributed by atoms with van der Waals surface area (Å²) in [7, 11) is 0. The molecule has 0 spiro atoms. The van der Waals surface area contributed by atoms with Crippen molar-refractivity contribution in [1.29, 1.82) is 0 Å². The molecule has 0 amide bonds. The van der Waals surface area contributed by atoms with Crippen LogP contribution in [0.25, 0.3) is 0 Å². The molecule has 0 aromatic carbocycles. The van der Waals surface area contributed by atoms with Gasteiger partial charge in [0.1, 0.15) is 0 Å². The fraction of sp³-hybridized carbons (Fsp3) is 1.00. The van der Waals surface area contributed by atoms with E-state index in [-0.39, 0.29) is 0 Å². The molecule has 2 aliphatic carbocycles. The first-order valence-corrected chi connectivity index (χ1v) is 5.75. The van der Waals surface area contributed by atoms with Crippen molar-refractivity contribution < 1.29 is 0 Å². The summed E-state index contributed by atoms with van der Waals surface area (Å²) in [6.45, 7) is 4.93. The molecule has 2 saturated carbocycles. The Morgan fingerprint density at radius 1 is 0.833 bits per heavy atom. The molecular formula is C12H22. The van der Waals surface area contributed by atoms with Crippen LogP contribution in [0.15, 0.2) is 0 Å². The quantitative estimate of drug-likeness (QED) is 0.512. The maximum Gasteiger partial charge on any atom is -0.0386 e. The van der Waals surface area contributed by atoms with Gasteiger partial charge in [-0.05, 0) is 42.9 Å². The number of fused-ring (bicyclic) bond motifs is 2. The van der Waals surface area contributed by atoms with Crippen molar-refractivity contribution in [1.82, 2.24) is 0 Å². The van der Waals surface area contributed by atoms with Crippen molar-refractivity contribution in [3.8, 4) is 0 Å². The summed E-state index contributed by atoms with van der Waals surface area (Å²) in [6.07, 6.45) is 9.17. The smallest absolute Gasteiger partial charge is 0.0386 e. The van der Waals surface area contributed by atoms with Gasteiger partial charge in [0.2, 0.25) is 0 Å². The average Bonchev–Trinajstić information content (AvgIpc) is 2.47. The van der Waals surface area contributed by atoms with Crippen LogP contribution in [-0.4, -0.2) is 0 Å². The number of rotatable bonds is 0. The zero-order valence-corrected chi connectivity index (χ0v) is 8.55. The molecule has 0 radical (unpaired) electrons. The van der Waals surface area contributed by atoms with E-state index >= 15 is 0 Å². The van der Waals surface area contributed by atoms with Crippen LogP contribution in [0.2, 0.25) is 0 Å². The predicted molar refractivity (Wildman–Crippen MR) is 53.0 cm³/mol. The van der Waals surface area contributed by atoms with Crippen molar-refractivity contribution in [3.05, 3.63) is 0 Å². The Morgan fingerprint density at radius 2 is 1.67 bits per heavy atom. The first kappa shape index (κ1) is 8.59. The summed E-state index contributed by atoms with van der Waals surface area (Å²) < 4.78 is 0. The minimum absolute atomic E-state index is 1.01. The van der Waals surface area contributed by atoms with Gasteiger partial charge in [-0.25, -0.2) is 0 Å². The molecule has 0 aromatic heterocycles. The van der Waals surface area contributed by atoms with Gasteiger partial charge in [-0.3, -0.25) is 0 Å². The van der Waals surface area contributed by atoms with Gasteiger partial charge >= 0.3 is 0 Å². The zero-order valence-electron chi connectivity index (χ0n) is 8.55. The van der Waals surface area contributed by atoms with Crippen LogP contribution < -0.4 is 0 Å². The molecule has 12 heavy (non-hydrogen) atoms. The Labute approximate surface area is 76.7 Å². The summed E-state index contributed by atoms with van der Waals surface area (Å²) in [5.74, 6) is 4.24. The normalized spacial score (nSPS) is 48.5. The molecule has 4 atom stereocenters. The number of hydrogen-bond acceptors (Lipinski definition) is 0. The molecule has 2 bridgehead atoms. The third-order valence-corrected chi connectivity index (χ3v) is 4.24. The molecule has 0 aromatic rings. The van der Waals surface area contributed by atoms with Gasteiger partial charge in [0, 0.05) is 0 Å². The molecule has 2 aliphatic rings. The van der Waals surface area contributed by atoms with E-state index in [2.05, 4.69) is 13.8 Å². The molecular weight excluding hydrogens is 144 g/mol. The standard InChI is InChI=1S/C12H22/c1-9-3-4-10(2)12-6-5-11(7-9)8-12/h9-12H,3-8H2,1-2H3. The van der Waals surface area contributed by atoms with Gasteiger partial charge < -0.3 is 0 Å². The van der Waals surface area contributed by atoms with Gasteiger partial charge in [0.05, 0.1) is 0 Å². The van der Waals surface area contributed by atoms with Crippen LogP contribution in [0, 0.1) is 23.7 Å². The van der Waals surface area contributed by atoms with Gasteiger partial charge in [-0.1, -0.05) is 33.1 Å². The molecule has 2 fully saturated rings. The Hall–Kier alpha value is 0. The Kier molecular flexibility index (Phi) is 2.43. The second-order valence-corrected chi connectivity index (χ2v) is 5.33. The highest BCUT2D eigenvalue weighted by Crippen LogP contribution is 2.43. The van der Waals surface area contributed by atoms with Crippen molar-refractivity contribution in [2.24, 2.45) is 23.7 Å². The maximum absolute atomic E-state index is 2.48. The molecule has 0 N–H and O–H groups in total. The van der Waals surface area contributed by atoms with Crippen molar-refractivity contribution in [2.45, 2.75) is 52.4 Å². The highest BCUT2D eigenvalue weighted by Gasteiger charge is 2.31. The fourth-order valence-corrected chi connectivity index (χ4v) is 3.31. The molecule has 0 heteroatoms. The molecule has 2 rings (SSSR count). The third-order valence-electron chi connectivity index (χ3n) is 4.24. The second kappa shape index (κ2) is 3.40. The molecule has 70 valence electrons. The van der Waals surface area contributed by atoms with Crippen LogP contribution in [0.3, 0.4) is 0 Å². The van der Waals surface area contributed by atoms with E-state index in [0.717, 1.165) is 23.7 Å². The van der Waals surface area contributed by atoms with Gasteiger partial charge in [0.25, 0.3) is 0 Å². The lowest BCUT2D eigenvalue weighted by molar-refractivity contribution is 0.258. The van der Waals surface area contributed by atoms with Gasteiger partial charge in [0.15, 0.2) is 0 Å². The minimum atomic E-state index is 1.01. The topological polar surface area (TPSA) is 0 Å². The molecule has 0 aliphatic heterocycles. The van der Waals surface area contributed by atoms with Crippen molar-refractivity contribution >= 4 is 0 Å². The summed E-state index contributed by atoms with van der Waals surface area (Å²) >= 11 is 0. The van der Waals surface area contributed by atoms with E-state index in [9.17, 15) is 0 Å². The van der Waals surface area contributed by atoms with E-state index in [0.29, 0.717) is 0 Å². The van der Waals surface area contributed by atoms with Crippen molar-refractivity contribution in [2.75, 3.05) is 0 Å². The van der Waals surface area contributed by atoms with Crippen molar-refractivity contribution in [3.63, 3.8) is 0 Å². The summed E-state index contributed by atoms with van der Waals surface area (Å²) in [5, 5.41) is 0. The first-order valence-electron chi connectivity index (χ1n) is 5.75. The minimum Gasteiger partial charge on any atom is -0.0625 e. The van der Waals surface area contributed by atoms with E-state index in [1.807, 2.05) is 0 Å². The Bertz CT molecular complexity index is 150. The largest absolute Gasteiger partial charge is 0.0625 e. The molecule has 4 unspecified atom stereocenters. The molecule has 0 heterocycles. The molecule has 0 nitrogen and oxygen atoms in total. The summed E-state index contributed by atoms with van der Waals surface area (Å²) in [6, 6.07) is 0. The van der Waals surface area contributed by atoms with Crippen LogP contribution in [0.5, 0.6) is 0 Å². The lowest BCUT2D eigenvalue weighted by Gasteiger charge is -2.25. The second-order valence-electron chi connectivity index (χ2n) is 5.33. The van der Waals surface area contributed by atoms with Gasteiger partial charge in [-0.2, -0.15) is 0 Å². The average molecular weight is 166 g/mol. The van der Waals surface area contributed by atoms with E-state index in [1.165, 1.54) is 19.3 Å². The predicted octanol–water partition coefficient (Wildman–Crippen LogP) is 3.86. The SMILES string of the molecule is CC1CCC(C)C2CCC(C1)C2. The summed E-state index contributed by atoms with van der Waals surface area (Å²) in [4.78, 5) is 0. The maximum atomic E-state index is 2.48. The Morgan fingerprint density at radius 3 is 2.50 bits per heavy atom. The number of hydrogen-bond donors (Lipinski definition) is 0. The highest BCUT2D eigenvalue weighted by atomic mass is 14.4. The van der Waals surface area contributed by atoms with Gasteiger partial charge in [-0.15, -0.1) is 0 Å². The monoisotopic (exact) mass is 166 g/mol. The Balaban J connectivity index is 2.00. The first-order chi connectivity index (χ1) is 5.75. The van der Waals surface area contributed by atoms with Crippen LogP contribution in [-0.2, 0) is 0 Å². The lowest BCUT2D eigenvalue weighted by atomic mass is 9.80. The van der Waals surface area contributed by atoms with Crippen LogP contribution in [0.4, 0.5) is 0 Å². The molecule has 0 saturated heterocycles. The lowest BCUT2D eigenvalue weighted by Crippen LogP contribution is -2.14. The van der Waals surface area contributed by atoms with E-state index < -0.39 is 0 Å². The highest BCUT2D eigenvalue weighted by molar-refractivity contribution is 4.82. The summed E-state index contributed by atoms with van der Waals surface area (Å²) in [5.41, 5.74) is 0. The zero-order chi connectivity index (χ0) is 8.55. The third kappa shape index (κ3) is 1.67. The van der Waals surface area contributed by atoms with E-state index in [4.69, 9.17) is 0 Å².